The number of pyridine rings is 1. The predicted molar refractivity (Wildman–Crippen MR) is 73.6 cm³/mol. The molecule has 0 spiro atoms. The number of hydrogen-bond donors (Lipinski definition) is 1. The molecule has 0 aromatic carbocycles. The van der Waals surface area contributed by atoms with Crippen molar-refractivity contribution in [2.45, 2.75) is 19.4 Å². The summed E-state index contributed by atoms with van der Waals surface area (Å²) < 4.78 is 1.31. The number of piperidine rings is 1. The van der Waals surface area contributed by atoms with E-state index in [-0.39, 0.29) is 6.04 Å². The number of anilines is 1. The minimum absolute atomic E-state index is 0.273. The molecular formula is C13H17N3S. The quantitative estimate of drug-likeness (QED) is 0.841. The van der Waals surface area contributed by atoms with E-state index in [9.17, 15) is 0 Å². The normalized spacial score (nSPS) is 25.4. The molecule has 0 amide bonds. The fraction of sp³-hybridized carbons (Fsp3) is 0.462. The van der Waals surface area contributed by atoms with Crippen LogP contribution in [0.15, 0.2) is 23.7 Å². The van der Waals surface area contributed by atoms with Crippen molar-refractivity contribution in [3.05, 3.63) is 23.7 Å². The molecule has 2 aromatic rings. The second kappa shape index (κ2) is 4.27. The lowest BCUT2D eigenvalue weighted by atomic mass is 9.96. The first-order valence-corrected chi connectivity index (χ1v) is 6.95. The molecule has 0 aliphatic carbocycles. The summed E-state index contributed by atoms with van der Waals surface area (Å²) >= 11 is 1.77. The predicted octanol–water partition coefficient (Wildman–Crippen LogP) is 2.47. The summed E-state index contributed by atoms with van der Waals surface area (Å²) in [5, 5.41) is 3.39. The molecule has 3 rings (SSSR count). The highest BCUT2D eigenvalue weighted by Crippen LogP contribution is 2.30. The zero-order chi connectivity index (χ0) is 11.8. The molecule has 2 N–H and O–H groups in total. The minimum atomic E-state index is 0.273. The van der Waals surface area contributed by atoms with Gasteiger partial charge in [0.15, 0.2) is 0 Å². The molecule has 1 aliphatic heterocycles. The summed E-state index contributed by atoms with van der Waals surface area (Å²) in [6.45, 7) is 4.25. The first-order chi connectivity index (χ1) is 8.24. The Kier molecular flexibility index (Phi) is 2.76. The lowest BCUT2D eigenvalue weighted by molar-refractivity contribution is 0.400. The van der Waals surface area contributed by atoms with Crippen LogP contribution in [0.5, 0.6) is 0 Å². The maximum atomic E-state index is 6.11. The fourth-order valence-corrected chi connectivity index (χ4v) is 3.48. The van der Waals surface area contributed by atoms with Crippen LogP contribution in [0.3, 0.4) is 0 Å². The SMILES string of the molecule is CC1CC(N)CN(c2nccc3sccc23)C1. The zero-order valence-corrected chi connectivity index (χ0v) is 10.8. The van der Waals surface area contributed by atoms with Gasteiger partial charge in [-0.25, -0.2) is 4.98 Å². The smallest absolute Gasteiger partial charge is 0.137 e. The monoisotopic (exact) mass is 247 g/mol. The Hall–Kier alpha value is -1.13. The third-order valence-corrected chi connectivity index (χ3v) is 4.23. The van der Waals surface area contributed by atoms with Crippen molar-refractivity contribution in [1.29, 1.82) is 0 Å². The van der Waals surface area contributed by atoms with E-state index in [0.29, 0.717) is 5.92 Å². The Morgan fingerprint density at radius 1 is 1.41 bits per heavy atom. The Morgan fingerprint density at radius 3 is 3.12 bits per heavy atom. The van der Waals surface area contributed by atoms with Gasteiger partial charge in [0.05, 0.1) is 0 Å². The first-order valence-electron chi connectivity index (χ1n) is 6.07. The minimum Gasteiger partial charge on any atom is -0.354 e. The van der Waals surface area contributed by atoms with Crippen LogP contribution in [-0.2, 0) is 0 Å². The van der Waals surface area contributed by atoms with E-state index in [4.69, 9.17) is 5.73 Å². The maximum Gasteiger partial charge on any atom is 0.137 e. The molecule has 4 heteroatoms. The first kappa shape index (κ1) is 11.0. The molecule has 0 bridgehead atoms. The number of aromatic nitrogens is 1. The lowest BCUT2D eigenvalue weighted by Gasteiger charge is -2.35. The van der Waals surface area contributed by atoms with Gasteiger partial charge in [-0.3, -0.25) is 0 Å². The van der Waals surface area contributed by atoms with E-state index >= 15 is 0 Å². The molecule has 0 radical (unpaired) electrons. The van der Waals surface area contributed by atoms with E-state index in [1.807, 2.05) is 6.20 Å². The summed E-state index contributed by atoms with van der Waals surface area (Å²) in [7, 11) is 0. The maximum absolute atomic E-state index is 6.11. The van der Waals surface area contributed by atoms with Crippen LogP contribution in [0.1, 0.15) is 13.3 Å². The topological polar surface area (TPSA) is 42.1 Å². The van der Waals surface area contributed by atoms with Gasteiger partial charge in [-0.15, -0.1) is 11.3 Å². The van der Waals surface area contributed by atoms with Crippen LogP contribution in [-0.4, -0.2) is 24.1 Å². The van der Waals surface area contributed by atoms with E-state index in [1.165, 1.54) is 10.1 Å². The van der Waals surface area contributed by atoms with E-state index < -0.39 is 0 Å². The Morgan fingerprint density at radius 2 is 2.29 bits per heavy atom. The van der Waals surface area contributed by atoms with Crippen molar-refractivity contribution in [3.63, 3.8) is 0 Å². The van der Waals surface area contributed by atoms with Crippen molar-refractivity contribution < 1.29 is 0 Å². The Bertz CT molecular complexity index is 512. The second-order valence-electron chi connectivity index (χ2n) is 4.97. The van der Waals surface area contributed by atoms with Crippen LogP contribution in [0.4, 0.5) is 5.82 Å². The molecule has 3 nitrogen and oxygen atoms in total. The Labute approximate surface area is 105 Å². The molecular weight excluding hydrogens is 230 g/mol. The van der Waals surface area contributed by atoms with Crippen molar-refractivity contribution in [2.24, 2.45) is 11.7 Å². The van der Waals surface area contributed by atoms with Crippen LogP contribution in [0.2, 0.25) is 0 Å². The number of fused-ring (bicyclic) bond motifs is 1. The van der Waals surface area contributed by atoms with Crippen LogP contribution in [0, 0.1) is 5.92 Å². The summed E-state index contributed by atoms with van der Waals surface area (Å²) in [4.78, 5) is 6.89. The molecule has 1 aliphatic rings. The van der Waals surface area contributed by atoms with Gasteiger partial charge in [-0.2, -0.15) is 0 Å². The summed E-state index contributed by atoms with van der Waals surface area (Å²) in [6, 6.07) is 4.51. The van der Waals surface area contributed by atoms with Gasteiger partial charge >= 0.3 is 0 Å². The van der Waals surface area contributed by atoms with Crippen LogP contribution < -0.4 is 10.6 Å². The average molecular weight is 247 g/mol. The third kappa shape index (κ3) is 2.03. The second-order valence-corrected chi connectivity index (χ2v) is 5.92. The third-order valence-electron chi connectivity index (χ3n) is 3.35. The zero-order valence-electron chi connectivity index (χ0n) is 9.97. The number of thiophene rings is 1. The lowest BCUT2D eigenvalue weighted by Crippen LogP contribution is -2.46. The van der Waals surface area contributed by atoms with Gasteiger partial charge in [-0.05, 0) is 29.9 Å². The fourth-order valence-electron chi connectivity index (χ4n) is 2.70. The summed E-state index contributed by atoms with van der Waals surface area (Å²) in [6.07, 6.45) is 3.02. The van der Waals surface area contributed by atoms with Gasteiger partial charge in [-0.1, -0.05) is 6.92 Å². The van der Waals surface area contributed by atoms with Crippen molar-refractivity contribution in [3.8, 4) is 0 Å². The van der Waals surface area contributed by atoms with Crippen molar-refractivity contribution >= 4 is 27.2 Å². The highest BCUT2D eigenvalue weighted by molar-refractivity contribution is 7.17. The number of rotatable bonds is 1. The standard InChI is InChI=1S/C13H17N3S/c1-9-6-10(14)8-16(7-9)13-11-3-5-17-12(11)2-4-15-13/h2-5,9-10H,6-8,14H2,1H3. The van der Waals surface area contributed by atoms with Crippen LogP contribution >= 0.6 is 11.3 Å². The van der Waals surface area contributed by atoms with Gasteiger partial charge in [0, 0.05) is 35.4 Å². The van der Waals surface area contributed by atoms with Gasteiger partial charge in [0.2, 0.25) is 0 Å². The molecule has 2 atom stereocenters. The largest absolute Gasteiger partial charge is 0.354 e. The van der Waals surface area contributed by atoms with Gasteiger partial charge in [0.1, 0.15) is 5.82 Å². The molecule has 3 heterocycles. The van der Waals surface area contributed by atoms with E-state index in [1.54, 1.807) is 11.3 Å². The number of nitrogens with two attached hydrogens (primary N) is 1. The molecule has 90 valence electrons. The van der Waals surface area contributed by atoms with Crippen molar-refractivity contribution in [1.82, 2.24) is 4.98 Å². The Balaban J connectivity index is 2.00. The molecule has 17 heavy (non-hydrogen) atoms. The van der Waals surface area contributed by atoms with Crippen molar-refractivity contribution in [2.75, 3.05) is 18.0 Å². The molecule has 2 unspecified atom stereocenters. The van der Waals surface area contributed by atoms with E-state index in [2.05, 4.69) is 34.3 Å². The number of nitrogens with zero attached hydrogens (tertiary/aromatic N) is 2. The van der Waals surface area contributed by atoms with Crippen LogP contribution in [0.25, 0.3) is 10.1 Å². The highest BCUT2D eigenvalue weighted by Gasteiger charge is 2.24. The molecule has 2 aromatic heterocycles. The summed E-state index contributed by atoms with van der Waals surface area (Å²) in [5.74, 6) is 1.75. The number of hydrogen-bond acceptors (Lipinski definition) is 4. The average Bonchev–Trinajstić information content (AvgIpc) is 2.75. The van der Waals surface area contributed by atoms with Gasteiger partial charge < -0.3 is 10.6 Å². The molecule has 1 saturated heterocycles. The highest BCUT2D eigenvalue weighted by atomic mass is 32.1. The van der Waals surface area contributed by atoms with E-state index in [0.717, 1.165) is 25.3 Å². The molecule has 1 fully saturated rings. The van der Waals surface area contributed by atoms with Gasteiger partial charge in [0.25, 0.3) is 0 Å². The summed E-state index contributed by atoms with van der Waals surface area (Å²) in [5.41, 5.74) is 6.11. The molecule has 0 saturated carbocycles.